The number of hydrogen-bond donors (Lipinski definition) is 1. The molecule has 0 saturated heterocycles. The van der Waals surface area contributed by atoms with Crippen LogP contribution in [0.3, 0.4) is 0 Å². The molecule has 0 radical (unpaired) electrons. The van der Waals surface area contributed by atoms with Crippen molar-refractivity contribution in [2.24, 2.45) is 5.73 Å². The van der Waals surface area contributed by atoms with Gasteiger partial charge in [0.25, 0.3) is 0 Å². The average Bonchev–Trinajstić information content (AvgIpc) is 2.43. The Hall–Kier alpha value is -2.53. The molecule has 0 fully saturated rings. The maximum Gasteiger partial charge on any atom is 0.249 e. The molecular weight excluding hydrogens is 246 g/mol. The predicted octanol–water partition coefficient (Wildman–Crippen LogP) is 3.39. The fraction of sp³-hybridized carbons (Fsp3) is 0.167. The van der Waals surface area contributed by atoms with E-state index in [2.05, 4.69) is 37.1 Å². The number of carbonyl (C=O) groups excluding carboxylic acids is 1. The normalized spacial score (nSPS) is 10.0. The van der Waals surface area contributed by atoms with E-state index in [9.17, 15) is 4.79 Å². The van der Waals surface area contributed by atoms with Gasteiger partial charge in [0.2, 0.25) is 5.91 Å². The Labute approximate surface area is 119 Å². The van der Waals surface area contributed by atoms with Crippen molar-refractivity contribution >= 4 is 5.91 Å². The highest BCUT2D eigenvalue weighted by Crippen LogP contribution is 2.29. The van der Waals surface area contributed by atoms with E-state index in [0.717, 1.165) is 18.4 Å². The lowest BCUT2D eigenvalue weighted by molar-refractivity contribution is 0.1000. The lowest BCUT2D eigenvalue weighted by Crippen LogP contribution is -2.13. The van der Waals surface area contributed by atoms with Crippen LogP contribution in [0.5, 0.6) is 0 Å². The van der Waals surface area contributed by atoms with Crippen LogP contribution in [0.1, 0.15) is 34.8 Å². The molecule has 0 bridgehead atoms. The van der Waals surface area contributed by atoms with Gasteiger partial charge in [0.1, 0.15) is 0 Å². The molecule has 1 aromatic carbocycles. The summed E-state index contributed by atoms with van der Waals surface area (Å²) >= 11 is 0. The van der Waals surface area contributed by atoms with Crippen molar-refractivity contribution < 1.29 is 4.79 Å². The summed E-state index contributed by atoms with van der Waals surface area (Å²) in [4.78, 5) is 11.1. The second-order valence-electron chi connectivity index (χ2n) is 4.68. The molecule has 0 atom stereocenters. The van der Waals surface area contributed by atoms with E-state index in [0.29, 0.717) is 11.1 Å². The zero-order valence-corrected chi connectivity index (χ0v) is 11.5. The predicted molar refractivity (Wildman–Crippen MR) is 82.3 cm³/mol. The Bertz CT molecular complexity index is 642. The maximum atomic E-state index is 11.1. The first-order valence-electron chi connectivity index (χ1n) is 6.66. The van der Waals surface area contributed by atoms with Crippen molar-refractivity contribution in [2.45, 2.75) is 19.8 Å². The first-order valence-corrected chi connectivity index (χ1v) is 6.66. The van der Waals surface area contributed by atoms with Gasteiger partial charge in [0.05, 0.1) is 5.56 Å². The Kier molecular flexibility index (Phi) is 4.22. The van der Waals surface area contributed by atoms with Crippen LogP contribution in [0, 0.1) is 12.3 Å². The minimum absolute atomic E-state index is 0.443. The van der Waals surface area contributed by atoms with E-state index >= 15 is 0 Å². The fourth-order valence-electron chi connectivity index (χ4n) is 2.12. The number of amides is 1. The summed E-state index contributed by atoms with van der Waals surface area (Å²) in [6.07, 6.45) is 7.23. The summed E-state index contributed by atoms with van der Waals surface area (Å²) in [5.74, 6) is 2.07. The van der Waals surface area contributed by atoms with Crippen LogP contribution in [-0.2, 0) is 6.42 Å². The van der Waals surface area contributed by atoms with Crippen molar-refractivity contribution in [3.8, 4) is 23.5 Å². The molecule has 20 heavy (non-hydrogen) atoms. The topological polar surface area (TPSA) is 43.1 Å². The van der Waals surface area contributed by atoms with Gasteiger partial charge in [-0.25, -0.2) is 0 Å². The SMILES string of the molecule is C#Cc1c(CCC)cccc1C(N)=O.c1cc2ccc1-2. The number of fused-ring (bicyclic) bond motifs is 1. The molecule has 100 valence electrons. The van der Waals surface area contributed by atoms with E-state index < -0.39 is 5.91 Å². The molecular formula is C18H17NO. The number of benzene rings is 2. The number of terminal acetylenes is 1. The summed E-state index contributed by atoms with van der Waals surface area (Å²) in [6, 6.07) is 13.9. The number of aryl methyl sites for hydroxylation is 1. The van der Waals surface area contributed by atoms with E-state index in [4.69, 9.17) is 12.2 Å². The molecule has 2 aliphatic carbocycles. The number of carbonyl (C=O) groups is 1. The van der Waals surface area contributed by atoms with Gasteiger partial charge in [-0.1, -0.05) is 55.7 Å². The van der Waals surface area contributed by atoms with Crippen LogP contribution in [0.4, 0.5) is 0 Å². The molecule has 0 aliphatic heterocycles. The van der Waals surface area contributed by atoms with Gasteiger partial charge in [-0.3, -0.25) is 4.79 Å². The highest BCUT2D eigenvalue weighted by Gasteiger charge is 2.09. The molecule has 0 unspecified atom stereocenters. The molecule has 3 rings (SSSR count). The van der Waals surface area contributed by atoms with Gasteiger partial charge in [0.15, 0.2) is 0 Å². The largest absolute Gasteiger partial charge is 0.366 e. The smallest absolute Gasteiger partial charge is 0.249 e. The van der Waals surface area contributed by atoms with E-state index in [-0.39, 0.29) is 0 Å². The van der Waals surface area contributed by atoms with Gasteiger partial charge >= 0.3 is 0 Å². The van der Waals surface area contributed by atoms with E-state index in [1.54, 1.807) is 6.07 Å². The fourth-order valence-corrected chi connectivity index (χ4v) is 2.12. The third-order valence-corrected chi connectivity index (χ3v) is 3.30. The first-order chi connectivity index (χ1) is 9.67. The number of primary amides is 1. The molecule has 1 amide bonds. The van der Waals surface area contributed by atoms with Gasteiger partial charge in [-0.05, 0) is 29.2 Å². The minimum Gasteiger partial charge on any atom is -0.366 e. The Morgan fingerprint density at radius 2 is 1.75 bits per heavy atom. The van der Waals surface area contributed by atoms with Crippen LogP contribution >= 0.6 is 0 Å². The Balaban J connectivity index is 0.000000198. The van der Waals surface area contributed by atoms with Crippen LogP contribution in [0.15, 0.2) is 42.5 Å². The van der Waals surface area contributed by atoms with Crippen LogP contribution < -0.4 is 5.73 Å². The number of hydrogen-bond acceptors (Lipinski definition) is 1. The van der Waals surface area contributed by atoms with Gasteiger partial charge < -0.3 is 5.73 Å². The maximum absolute atomic E-state index is 11.1. The molecule has 1 aromatic rings. The summed E-state index contributed by atoms with van der Waals surface area (Å²) in [7, 11) is 0. The summed E-state index contributed by atoms with van der Waals surface area (Å²) in [5.41, 5.74) is 10.2. The molecule has 2 N–H and O–H groups in total. The van der Waals surface area contributed by atoms with Crippen molar-refractivity contribution in [1.82, 2.24) is 0 Å². The molecule has 0 aromatic heterocycles. The van der Waals surface area contributed by atoms with Crippen molar-refractivity contribution in [3.05, 3.63) is 59.2 Å². The second kappa shape index (κ2) is 6.08. The highest BCUT2D eigenvalue weighted by atomic mass is 16.1. The third kappa shape index (κ3) is 2.73. The summed E-state index contributed by atoms with van der Waals surface area (Å²) < 4.78 is 0. The summed E-state index contributed by atoms with van der Waals surface area (Å²) in [5, 5.41) is 0. The molecule has 0 heterocycles. The van der Waals surface area contributed by atoms with Crippen molar-refractivity contribution in [3.63, 3.8) is 0 Å². The van der Waals surface area contributed by atoms with Crippen LogP contribution in [0.25, 0.3) is 11.1 Å². The van der Waals surface area contributed by atoms with E-state index in [1.807, 2.05) is 12.1 Å². The molecule has 2 nitrogen and oxygen atoms in total. The molecule has 2 aliphatic rings. The highest BCUT2D eigenvalue weighted by molar-refractivity contribution is 5.95. The molecule has 0 spiro atoms. The van der Waals surface area contributed by atoms with Crippen molar-refractivity contribution in [2.75, 3.05) is 0 Å². The summed E-state index contributed by atoms with van der Waals surface area (Å²) in [6.45, 7) is 2.07. The van der Waals surface area contributed by atoms with Crippen LogP contribution in [-0.4, -0.2) is 5.91 Å². The Morgan fingerprint density at radius 3 is 2.10 bits per heavy atom. The first kappa shape index (κ1) is 13.9. The van der Waals surface area contributed by atoms with Gasteiger partial charge in [-0.2, -0.15) is 0 Å². The number of nitrogens with two attached hydrogens (primary N) is 1. The van der Waals surface area contributed by atoms with Gasteiger partial charge in [0, 0.05) is 5.56 Å². The monoisotopic (exact) mass is 263 g/mol. The number of rotatable bonds is 3. The lowest BCUT2D eigenvalue weighted by Gasteiger charge is -2.10. The zero-order chi connectivity index (χ0) is 14.5. The Morgan fingerprint density at radius 1 is 1.15 bits per heavy atom. The van der Waals surface area contributed by atoms with E-state index in [1.165, 1.54) is 11.1 Å². The second-order valence-corrected chi connectivity index (χ2v) is 4.68. The van der Waals surface area contributed by atoms with Crippen molar-refractivity contribution in [1.29, 1.82) is 0 Å². The molecule has 0 saturated carbocycles. The minimum atomic E-state index is -0.462. The molecule has 2 heteroatoms. The lowest BCUT2D eigenvalue weighted by atomic mass is 9.95. The zero-order valence-electron chi connectivity index (χ0n) is 11.5. The standard InChI is InChI=1S/C12H13NO.C6H4/c1-3-6-9-7-5-8-11(12(13)14)10(9)4-2;1-2-6-4-3-5(1)6/h2,5,7-8H,3,6H2,1H3,(H2,13,14);1-4H. The van der Waals surface area contributed by atoms with Crippen LogP contribution in [0.2, 0.25) is 0 Å². The quantitative estimate of drug-likeness (QED) is 0.723. The third-order valence-electron chi connectivity index (χ3n) is 3.30. The average molecular weight is 263 g/mol. The van der Waals surface area contributed by atoms with Gasteiger partial charge in [-0.15, -0.1) is 6.42 Å².